The van der Waals surface area contributed by atoms with Crippen LogP contribution in [0.15, 0.2) is 47.6 Å². The molecule has 0 atom stereocenters. The minimum atomic E-state index is -3.68. The first kappa shape index (κ1) is 14.8. The molecule has 1 heterocycles. The molecule has 0 aliphatic heterocycles. The van der Waals surface area contributed by atoms with E-state index >= 15 is 0 Å². The molecular weight excluding hydrogens is 298 g/mol. The summed E-state index contributed by atoms with van der Waals surface area (Å²) >= 11 is 5.86. The molecule has 0 spiro atoms. The second-order valence-corrected chi connectivity index (χ2v) is 6.18. The van der Waals surface area contributed by atoms with Crippen molar-refractivity contribution in [1.29, 1.82) is 0 Å². The highest BCUT2D eigenvalue weighted by Crippen LogP contribution is 2.17. The lowest BCUT2D eigenvalue weighted by atomic mass is 10.2. The van der Waals surface area contributed by atoms with Gasteiger partial charge < -0.3 is 5.32 Å². The zero-order valence-corrected chi connectivity index (χ0v) is 12.4. The number of aromatic nitrogens is 1. The Morgan fingerprint density at radius 1 is 1.25 bits per heavy atom. The van der Waals surface area contributed by atoms with Gasteiger partial charge in [-0.05, 0) is 29.8 Å². The summed E-state index contributed by atoms with van der Waals surface area (Å²) in [7, 11) is -2.03. The van der Waals surface area contributed by atoms with E-state index in [-0.39, 0.29) is 11.6 Å². The number of pyridine rings is 1. The fraction of sp³-hybridized carbons (Fsp3) is 0.154. The summed E-state index contributed by atoms with van der Waals surface area (Å²) in [5.41, 5.74) is 1.23. The molecule has 7 heteroatoms. The number of halogens is 1. The number of rotatable bonds is 5. The van der Waals surface area contributed by atoms with Crippen LogP contribution in [0.2, 0.25) is 5.02 Å². The predicted octanol–water partition coefficient (Wildman–Crippen LogP) is 2.26. The number of hydrogen-bond acceptors (Lipinski definition) is 4. The first-order valence-electron chi connectivity index (χ1n) is 5.90. The summed E-state index contributed by atoms with van der Waals surface area (Å²) in [4.78, 5) is 3.91. The van der Waals surface area contributed by atoms with Crippen molar-refractivity contribution in [3.63, 3.8) is 0 Å². The maximum Gasteiger partial charge on any atom is 0.260 e. The van der Waals surface area contributed by atoms with Crippen molar-refractivity contribution in [3.05, 3.63) is 53.2 Å². The molecular formula is C13H14ClN3O2S. The standard InChI is InChI=1S/C13H14ClN3O2S/c1-15-12-6-3-7-16-13(12)20(18,19)17-9-10-4-2-5-11(14)8-10/h2-8,15,17H,9H2,1H3. The molecule has 20 heavy (non-hydrogen) atoms. The highest BCUT2D eigenvalue weighted by molar-refractivity contribution is 7.89. The molecule has 0 radical (unpaired) electrons. The van der Waals surface area contributed by atoms with Gasteiger partial charge in [-0.3, -0.25) is 0 Å². The Balaban J connectivity index is 2.19. The van der Waals surface area contributed by atoms with Gasteiger partial charge in [-0.25, -0.2) is 18.1 Å². The van der Waals surface area contributed by atoms with Crippen LogP contribution in [0.3, 0.4) is 0 Å². The predicted molar refractivity (Wildman–Crippen MR) is 79.3 cm³/mol. The van der Waals surface area contributed by atoms with Crippen molar-refractivity contribution >= 4 is 27.3 Å². The van der Waals surface area contributed by atoms with Gasteiger partial charge in [0.15, 0.2) is 5.03 Å². The number of benzene rings is 1. The van der Waals surface area contributed by atoms with Gasteiger partial charge in [0.25, 0.3) is 10.0 Å². The first-order chi connectivity index (χ1) is 9.53. The second kappa shape index (κ2) is 6.21. The molecule has 1 aromatic carbocycles. The lowest BCUT2D eigenvalue weighted by molar-refractivity contribution is 0.578. The van der Waals surface area contributed by atoms with Crippen LogP contribution in [0, 0.1) is 0 Å². The molecule has 0 amide bonds. The van der Waals surface area contributed by atoms with Gasteiger partial charge in [-0.15, -0.1) is 0 Å². The third kappa shape index (κ3) is 3.47. The van der Waals surface area contributed by atoms with Crippen molar-refractivity contribution in [2.24, 2.45) is 0 Å². The number of nitrogens with one attached hydrogen (secondary N) is 2. The van der Waals surface area contributed by atoms with Gasteiger partial charge in [-0.2, -0.15) is 0 Å². The Morgan fingerprint density at radius 2 is 2.05 bits per heavy atom. The van der Waals surface area contributed by atoms with Crippen molar-refractivity contribution in [2.75, 3.05) is 12.4 Å². The van der Waals surface area contributed by atoms with E-state index in [1.165, 1.54) is 6.20 Å². The fourth-order valence-corrected chi connectivity index (χ4v) is 3.05. The van der Waals surface area contributed by atoms with E-state index in [1.54, 1.807) is 43.4 Å². The molecule has 2 N–H and O–H groups in total. The molecule has 2 aromatic rings. The average molecular weight is 312 g/mol. The van der Waals surface area contributed by atoms with Crippen LogP contribution < -0.4 is 10.0 Å². The lowest BCUT2D eigenvalue weighted by Crippen LogP contribution is -2.25. The first-order valence-corrected chi connectivity index (χ1v) is 7.76. The lowest BCUT2D eigenvalue weighted by Gasteiger charge is -2.10. The molecule has 2 rings (SSSR count). The van der Waals surface area contributed by atoms with Crippen LogP contribution in [0.5, 0.6) is 0 Å². The summed E-state index contributed by atoms with van der Waals surface area (Å²) in [5, 5.41) is 3.35. The zero-order valence-electron chi connectivity index (χ0n) is 10.8. The maximum atomic E-state index is 12.2. The Labute approximate surface area is 123 Å². The molecule has 0 bridgehead atoms. The van der Waals surface area contributed by atoms with Crippen LogP contribution in [-0.2, 0) is 16.6 Å². The van der Waals surface area contributed by atoms with E-state index < -0.39 is 10.0 Å². The molecule has 0 aliphatic carbocycles. The van der Waals surface area contributed by atoms with E-state index in [1.807, 2.05) is 0 Å². The third-order valence-electron chi connectivity index (χ3n) is 2.65. The molecule has 0 saturated heterocycles. The van der Waals surface area contributed by atoms with Gasteiger partial charge >= 0.3 is 0 Å². The van der Waals surface area contributed by atoms with Crippen LogP contribution >= 0.6 is 11.6 Å². The van der Waals surface area contributed by atoms with Crippen LogP contribution in [-0.4, -0.2) is 20.4 Å². The van der Waals surface area contributed by atoms with Crippen LogP contribution in [0.1, 0.15) is 5.56 Å². The second-order valence-electron chi connectivity index (χ2n) is 4.06. The molecule has 0 fully saturated rings. The Hall–Kier alpha value is -1.63. The van der Waals surface area contributed by atoms with Crippen molar-refractivity contribution in [3.8, 4) is 0 Å². The normalized spacial score (nSPS) is 11.3. The van der Waals surface area contributed by atoms with Crippen molar-refractivity contribution in [2.45, 2.75) is 11.6 Å². The van der Waals surface area contributed by atoms with E-state index in [4.69, 9.17) is 11.6 Å². The molecule has 0 aliphatic rings. The van der Waals surface area contributed by atoms with E-state index in [9.17, 15) is 8.42 Å². The Bertz CT molecular complexity index is 704. The number of sulfonamides is 1. The van der Waals surface area contributed by atoms with Gasteiger partial charge in [0.05, 0.1) is 5.69 Å². The summed E-state index contributed by atoms with van der Waals surface area (Å²) < 4.78 is 27.0. The topological polar surface area (TPSA) is 71.1 Å². The summed E-state index contributed by atoms with van der Waals surface area (Å²) in [6, 6.07) is 10.3. The summed E-state index contributed by atoms with van der Waals surface area (Å²) in [5.74, 6) is 0. The summed E-state index contributed by atoms with van der Waals surface area (Å²) in [6.07, 6.45) is 1.44. The fourth-order valence-electron chi connectivity index (χ4n) is 1.69. The highest BCUT2D eigenvalue weighted by Gasteiger charge is 2.19. The Kier molecular flexibility index (Phi) is 4.59. The van der Waals surface area contributed by atoms with E-state index in [0.717, 1.165) is 5.56 Å². The van der Waals surface area contributed by atoms with Gasteiger partial charge in [-0.1, -0.05) is 23.7 Å². The number of hydrogen-bond donors (Lipinski definition) is 2. The van der Waals surface area contributed by atoms with E-state index in [0.29, 0.717) is 10.7 Å². The van der Waals surface area contributed by atoms with Gasteiger partial charge in [0, 0.05) is 24.8 Å². The SMILES string of the molecule is CNc1cccnc1S(=O)(=O)NCc1cccc(Cl)c1. The van der Waals surface area contributed by atoms with Gasteiger partial charge in [0.2, 0.25) is 0 Å². The minimum absolute atomic E-state index is 0.0236. The van der Waals surface area contributed by atoms with E-state index in [2.05, 4.69) is 15.0 Å². The number of anilines is 1. The quantitative estimate of drug-likeness (QED) is 0.888. The maximum absolute atomic E-state index is 12.2. The largest absolute Gasteiger partial charge is 0.386 e. The third-order valence-corrected chi connectivity index (χ3v) is 4.24. The van der Waals surface area contributed by atoms with Gasteiger partial charge in [0.1, 0.15) is 0 Å². The number of nitrogens with zero attached hydrogens (tertiary/aromatic N) is 1. The molecule has 0 unspecified atom stereocenters. The molecule has 0 saturated carbocycles. The summed E-state index contributed by atoms with van der Waals surface area (Å²) in [6.45, 7) is 0.155. The monoisotopic (exact) mass is 311 g/mol. The highest BCUT2D eigenvalue weighted by atomic mass is 35.5. The van der Waals surface area contributed by atoms with Crippen LogP contribution in [0.4, 0.5) is 5.69 Å². The van der Waals surface area contributed by atoms with Crippen molar-refractivity contribution in [1.82, 2.24) is 9.71 Å². The average Bonchev–Trinajstić information content (AvgIpc) is 2.45. The molecule has 1 aromatic heterocycles. The molecule has 106 valence electrons. The van der Waals surface area contributed by atoms with Crippen molar-refractivity contribution < 1.29 is 8.42 Å². The smallest absolute Gasteiger partial charge is 0.260 e. The minimum Gasteiger partial charge on any atom is -0.386 e. The Morgan fingerprint density at radius 3 is 2.75 bits per heavy atom. The molecule has 5 nitrogen and oxygen atoms in total. The zero-order chi connectivity index (χ0) is 14.6. The van der Waals surface area contributed by atoms with Crippen LogP contribution in [0.25, 0.3) is 0 Å².